The molecule has 3 aromatic carbocycles. The number of aromatic nitrogens is 2. The molecule has 284 valence electrons. The summed E-state index contributed by atoms with van der Waals surface area (Å²) in [7, 11) is 1.49. The second-order valence-electron chi connectivity index (χ2n) is 14.0. The Balaban J connectivity index is 1.11. The van der Waals surface area contributed by atoms with Gasteiger partial charge in [-0.25, -0.2) is 0 Å². The summed E-state index contributed by atoms with van der Waals surface area (Å²) in [6.07, 6.45) is 0.299. The van der Waals surface area contributed by atoms with Gasteiger partial charge in [-0.05, 0) is 72.3 Å². The minimum absolute atomic E-state index is 0.0717. The van der Waals surface area contributed by atoms with Crippen molar-refractivity contribution in [2.75, 3.05) is 26.7 Å². The number of pyridine rings is 1. The molecule has 1 saturated heterocycles. The fourth-order valence-corrected chi connectivity index (χ4v) is 8.22. The molecule has 3 heterocycles. The fourth-order valence-electron chi connectivity index (χ4n) is 7.67. The second-order valence-corrected chi connectivity index (χ2v) is 14.8. The molecule has 0 unspecified atom stereocenters. The Morgan fingerprint density at radius 3 is 2.60 bits per heavy atom. The minimum atomic E-state index is -1.08. The van der Waals surface area contributed by atoms with E-state index in [0.717, 1.165) is 56.4 Å². The maximum atomic E-state index is 11.5. The van der Waals surface area contributed by atoms with Crippen LogP contribution in [-0.4, -0.2) is 75.0 Å². The number of rotatable bonds is 14. The average Bonchev–Trinajstić information content (AvgIpc) is 3.91. The number of methoxy groups -OCH3 is 1. The summed E-state index contributed by atoms with van der Waals surface area (Å²) >= 11 is 13.9. The van der Waals surface area contributed by atoms with Gasteiger partial charge in [-0.3, -0.25) is 14.5 Å². The molecule has 0 bridgehead atoms. The molecule has 5 aromatic rings. The molecule has 1 fully saturated rings. The zero-order valence-electron chi connectivity index (χ0n) is 29.9. The highest BCUT2D eigenvalue weighted by Gasteiger charge is 2.30. The molecule has 0 saturated carbocycles. The zero-order valence-corrected chi connectivity index (χ0v) is 31.5. The first-order chi connectivity index (χ1) is 26.5. The van der Waals surface area contributed by atoms with Crippen LogP contribution in [0.25, 0.3) is 33.3 Å². The van der Waals surface area contributed by atoms with Crippen LogP contribution in [0, 0.1) is 17.2 Å². The number of carboxylic acid groups (broad SMARTS) is 2. The van der Waals surface area contributed by atoms with Gasteiger partial charge in [-0.15, -0.1) is 0 Å². The van der Waals surface area contributed by atoms with Gasteiger partial charge in [0.25, 0.3) is 0 Å². The Labute approximate surface area is 327 Å². The van der Waals surface area contributed by atoms with Crippen molar-refractivity contribution in [2.45, 2.75) is 51.0 Å². The summed E-state index contributed by atoms with van der Waals surface area (Å²) in [5, 5.41) is 43.0. The number of aliphatic hydroxyl groups excluding tert-OH is 1. The lowest BCUT2D eigenvalue weighted by atomic mass is 9.95. The SMILES string of the molecule is COc1nc(O[C@H]2CCc3c(-c4cccc(-c5cc6cc(CN7CC[C@H](C(=O)O)C7)cc(C#N)c6[nH]5)c4Cl)cccc32)c(Cl)cc1CNC[C@@H](O)CC(=O)O. The van der Waals surface area contributed by atoms with Crippen LogP contribution in [0.1, 0.15) is 53.2 Å². The maximum absolute atomic E-state index is 11.5. The molecule has 14 heteroatoms. The number of carboxylic acids is 2. The molecule has 1 aliphatic heterocycles. The molecule has 2 aliphatic rings. The normalized spacial score (nSPS) is 17.2. The number of fused-ring (bicyclic) bond motifs is 2. The monoisotopic (exact) mass is 783 g/mol. The highest BCUT2D eigenvalue weighted by molar-refractivity contribution is 6.36. The second kappa shape index (κ2) is 16.3. The molecule has 1 aliphatic carbocycles. The number of aliphatic hydroxyl groups is 1. The molecule has 3 atom stereocenters. The summed E-state index contributed by atoms with van der Waals surface area (Å²) in [4.78, 5) is 32.4. The number of likely N-dealkylation sites (tertiary alicyclic amines) is 1. The van der Waals surface area contributed by atoms with E-state index >= 15 is 0 Å². The van der Waals surface area contributed by atoms with Gasteiger partial charge in [0.2, 0.25) is 11.8 Å². The molecule has 0 spiro atoms. The molecular weight excluding hydrogens is 745 g/mol. The van der Waals surface area contributed by atoms with E-state index in [2.05, 4.69) is 26.3 Å². The Kier molecular flexibility index (Phi) is 11.3. The van der Waals surface area contributed by atoms with Crippen molar-refractivity contribution in [3.05, 3.63) is 98.5 Å². The van der Waals surface area contributed by atoms with Crippen LogP contribution in [0.15, 0.2) is 60.7 Å². The van der Waals surface area contributed by atoms with Gasteiger partial charge >= 0.3 is 11.9 Å². The number of ether oxygens (including phenoxy) is 2. The lowest BCUT2D eigenvalue weighted by Gasteiger charge is -2.18. The highest BCUT2D eigenvalue weighted by atomic mass is 35.5. The third-order valence-electron chi connectivity index (χ3n) is 10.3. The van der Waals surface area contributed by atoms with E-state index in [1.165, 1.54) is 7.11 Å². The van der Waals surface area contributed by atoms with Gasteiger partial charge in [0.1, 0.15) is 17.2 Å². The van der Waals surface area contributed by atoms with Gasteiger partial charge in [-0.2, -0.15) is 10.2 Å². The van der Waals surface area contributed by atoms with E-state index in [1.54, 1.807) is 6.07 Å². The Morgan fingerprint density at radius 2 is 1.85 bits per heavy atom. The molecule has 0 radical (unpaired) electrons. The van der Waals surface area contributed by atoms with Gasteiger partial charge < -0.3 is 35.1 Å². The van der Waals surface area contributed by atoms with E-state index < -0.39 is 18.0 Å². The highest BCUT2D eigenvalue weighted by Crippen LogP contribution is 2.45. The van der Waals surface area contributed by atoms with E-state index in [9.17, 15) is 25.1 Å². The third-order valence-corrected chi connectivity index (χ3v) is 10.9. The number of aliphatic carboxylic acids is 2. The Hall–Kier alpha value is -5.16. The van der Waals surface area contributed by atoms with Crippen LogP contribution >= 0.6 is 23.2 Å². The van der Waals surface area contributed by atoms with Crippen LogP contribution in [0.3, 0.4) is 0 Å². The van der Waals surface area contributed by atoms with Gasteiger partial charge in [-0.1, -0.05) is 59.6 Å². The molecule has 12 nitrogen and oxygen atoms in total. The van der Waals surface area contributed by atoms with E-state index in [4.69, 9.17) is 37.8 Å². The van der Waals surface area contributed by atoms with Crippen molar-refractivity contribution in [3.8, 4) is 40.2 Å². The summed E-state index contributed by atoms with van der Waals surface area (Å²) in [6.45, 7) is 2.07. The van der Waals surface area contributed by atoms with Gasteiger partial charge in [0.05, 0.1) is 41.7 Å². The standard InChI is InChI=1S/C41H39Cl2N5O7/c1-54-39-26(18-45-19-27(49)16-36(50)51)14-33(42)40(47-39)55-35-9-8-29-28(4-2-5-30(29)35)31-6-3-7-32(37(31)43)34-15-24-12-22(13-25(17-44)38(24)46-34)20-48-11-10-23(21-48)41(52)53/h2-7,12-15,23,27,35,45-46,49H,8-11,16,18-21H2,1H3,(H,50,51)(H,52,53)/t23-,27-,35-/m0/s1. The summed E-state index contributed by atoms with van der Waals surface area (Å²) in [6, 6.07) is 21.9. The summed E-state index contributed by atoms with van der Waals surface area (Å²) < 4.78 is 11.9. The van der Waals surface area contributed by atoms with Gasteiger partial charge in [0.15, 0.2) is 0 Å². The van der Waals surface area contributed by atoms with E-state index in [1.807, 2.05) is 54.6 Å². The largest absolute Gasteiger partial charge is 0.481 e. The number of carbonyl (C=O) groups is 2. The molecule has 0 amide bonds. The number of nitriles is 1. The minimum Gasteiger partial charge on any atom is -0.481 e. The predicted octanol–water partition coefficient (Wildman–Crippen LogP) is 6.98. The lowest BCUT2D eigenvalue weighted by molar-refractivity contribution is -0.141. The first-order valence-corrected chi connectivity index (χ1v) is 18.7. The smallest absolute Gasteiger partial charge is 0.307 e. The molecule has 7 rings (SSSR count). The van der Waals surface area contributed by atoms with E-state index in [0.29, 0.717) is 54.5 Å². The molecular formula is C41H39Cl2N5O7. The number of hydrogen-bond donors (Lipinski definition) is 5. The van der Waals surface area contributed by atoms with Crippen LogP contribution in [-0.2, 0) is 29.1 Å². The molecule has 5 N–H and O–H groups in total. The number of aromatic amines is 1. The van der Waals surface area contributed by atoms with Crippen LogP contribution in [0.4, 0.5) is 0 Å². The number of hydrogen-bond acceptors (Lipinski definition) is 9. The quantitative estimate of drug-likeness (QED) is 0.0784. The van der Waals surface area contributed by atoms with Crippen LogP contribution in [0.5, 0.6) is 11.8 Å². The predicted molar refractivity (Wildman–Crippen MR) is 207 cm³/mol. The van der Waals surface area contributed by atoms with Crippen LogP contribution in [0.2, 0.25) is 10.0 Å². The number of halogens is 2. The van der Waals surface area contributed by atoms with E-state index in [-0.39, 0.29) is 42.4 Å². The zero-order chi connectivity index (χ0) is 38.8. The number of H-pyrrole nitrogens is 1. The lowest BCUT2D eigenvalue weighted by Crippen LogP contribution is -2.28. The maximum Gasteiger partial charge on any atom is 0.307 e. The number of nitrogens with zero attached hydrogens (tertiary/aromatic N) is 3. The average molecular weight is 785 g/mol. The molecule has 55 heavy (non-hydrogen) atoms. The van der Waals surface area contributed by atoms with Crippen molar-refractivity contribution >= 4 is 46.0 Å². The van der Waals surface area contributed by atoms with Crippen molar-refractivity contribution in [2.24, 2.45) is 5.92 Å². The number of nitrogens with one attached hydrogen (secondary N) is 2. The summed E-state index contributed by atoms with van der Waals surface area (Å²) in [5.41, 5.74) is 8.33. The first kappa shape index (κ1) is 38.1. The van der Waals surface area contributed by atoms with Crippen molar-refractivity contribution < 1.29 is 34.4 Å². The van der Waals surface area contributed by atoms with Crippen molar-refractivity contribution in [3.63, 3.8) is 0 Å². The van der Waals surface area contributed by atoms with Crippen molar-refractivity contribution in [1.29, 1.82) is 5.26 Å². The Morgan fingerprint density at radius 1 is 1.07 bits per heavy atom. The first-order valence-electron chi connectivity index (χ1n) is 18.0. The molecule has 2 aromatic heterocycles. The summed E-state index contributed by atoms with van der Waals surface area (Å²) in [5.74, 6) is -1.71. The topological polar surface area (TPSA) is 181 Å². The number of benzene rings is 3. The van der Waals surface area contributed by atoms with Crippen LogP contribution < -0.4 is 14.8 Å². The fraction of sp³-hybridized carbons (Fsp3) is 0.317. The Bertz CT molecular complexity index is 2320. The third kappa shape index (κ3) is 8.12. The van der Waals surface area contributed by atoms with Gasteiger partial charge in [0, 0.05) is 53.9 Å². The van der Waals surface area contributed by atoms with Crippen molar-refractivity contribution in [1.82, 2.24) is 20.2 Å².